The van der Waals surface area contributed by atoms with E-state index in [4.69, 9.17) is 17.0 Å². The van der Waals surface area contributed by atoms with Crippen molar-refractivity contribution in [1.29, 1.82) is 0 Å². The molecule has 25 heavy (non-hydrogen) atoms. The lowest BCUT2D eigenvalue weighted by atomic mass is 10.1. The molecule has 0 aliphatic carbocycles. The summed E-state index contributed by atoms with van der Waals surface area (Å²) < 4.78 is 5.29. The number of rotatable bonds is 7. The molecule has 0 radical (unpaired) electrons. The summed E-state index contributed by atoms with van der Waals surface area (Å²) in [5.74, 6) is -1.18. The minimum Gasteiger partial charge on any atom is -0.504 e. The molecule has 1 atom stereocenters. The minimum atomic E-state index is -1.06. The molecule has 8 heteroatoms. The summed E-state index contributed by atoms with van der Waals surface area (Å²) in [4.78, 5) is 25.7. The summed E-state index contributed by atoms with van der Waals surface area (Å²) in [5, 5.41) is 19.1. The van der Waals surface area contributed by atoms with Crippen molar-refractivity contribution in [2.75, 3.05) is 7.11 Å². The van der Waals surface area contributed by atoms with Crippen LogP contribution in [0.4, 0.5) is 0 Å². The molecule has 1 fully saturated rings. The Morgan fingerprint density at radius 3 is 2.80 bits per heavy atom. The van der Waals surface area contributed by atoms with Crippen LogP contribution in [-0.2, 0) is 9.59 Å². The van der Waals surface area contributed by atoms with E-state index in [0.717, 1.165) is 18.2 Å². The number of phenolic OH excluding ortho intramolecular Hbond substituents is 1. The maximum absolute atomic E-state index is 12.7. The number of unbranched alkanes of at least 4 members (excludes halogenated alkanes) is 1. The third-order valence-electron chi connectivity index (χ3n) is 3.75. The lowest BCUT2D eigenvalue weighted by Crippen LogP contribution is -2.43. The summed E-state index contributed by atoms with van der Waals surface area (Å²) in [6.07, 6.45) is 3.50. The number of thioether (sulfide) groups is 1. The Morgan fingerprint density at radius 1 is 1.48 bits per heavy atom. The van der Waals surface area contributed by atoms with Gasteiger partial charge in [-0.05, 0) is 30.2 Å². The summed E-state index contributed by atoms with van der Waals surface area (Å²) in [6, 6.07) is 3.74. The Kier molecular flexibility index (Phi) is 6.44. The lowest BCUT2D eigenvalue weighted by molar-refractivity contribution is -0.145. The molecule has 134 valence electrons. The molecule has 0 unspecified atom stereocenters. The van der Waals surface area contributed by atoms with Crippen LogP contribution in [0.1, 0.15) is 31.7 Å². The second-order valence-corrected chi connectivity index (χ2v) is 7.16. The van der Waals surface area contributed by atoms with Crippen LogP contribution in [0.5, 0.6) is 11.5 Å². The Morgan fingerprint density at radius 2 is 2.20 bits per heavy atom. The van der Waals surface area contributed by atoms with Gasteiger partial charge in [-0.2, -0.15) is 0 Å². The molecule has 1 aliphatic heterocycles. The van der Waals surface area contributed by atoms with Crippen molar-refractivity contribution in [2.45, 2.75) is 32.2 Å². The molecule has 1 aromatic carbocycles. The molecule has 1 amide bonds. The van der Waals surface area contributed by atoms with Crippen LogP contribution in [0.2, 0.25) is 0 Å². The number of benzene rings is 1. The van der Waals surface area contributed by atoms with Gasteiger partial charge in [-0.15, -0.1) is 0 Å². The second kappa shape index (κ2) is 8.35. The molecule has 0 saturated carbocycles. The van der Waals surface area contributed by atoms with Crippen molar-refractivity contribution in [3.63, 3.8) is 0 Å². The van der Waals surface area contributed by atoms with Gasteiger partial charge in [0.15, 0.2) is 11.5 Å². The quantitative estimate of drug-likeness (QED) is 0.554. The third kappa shape index (κ3) is 4.32. The molecule has 1 heterocycles. The van der Waals surface area contributed by atoms with Crippen LogP contribution in [0.3, 0.4) is 0 Å². The van der Waals surface area contributed by atoms with Crippen LogP contribution >= 0.6 is 24.0 Å². The van der Waals surface area contributed by atoms with Crippen molar-refractivity contribution >= 4 is 46.3 Å². The topological polar surface area (TPSA) is 87.1 Å². The number of carbonyl (C=O) groups is 2. The van der Waals surface area contributed by atoms with E-state index in [1.165, 1.54) is 18.1 Å². The van der Waals surface area contributed by atoms with Crippen LogP contribution in [0.15, 0.2) is 23.1 Å². The fourth-order valence-electron chi connectivity index (χ4n) is 2.44. The fraction of sp³-hybridized carbons (Fsp3) is 0.353. The largest absolute Gasteiger partial charge is 0.504 e. The highest BCUT2D eigenvalue weighted by atomic mass is 32.2. The maximum atomic E-state index is 12.7. The second-order valence-electron chi connectivity index (χ2n) is 5.48. The van der Waals surface area contributed by atoms with Crippen molar-refractivity contribution in [3.8, 4) is 11.5 Å². The summed E-state index contributed by atoms with van der Waals surface area (Å²) in [6.45, 7) is 1.96. The van der Waals surface area contributed by atoms with Crippen molar-refractivity contribution in [1.82, 2.24) is 4.90 Å². The molecule has 0 aromatic heterocycles. The Bertz CT molecular complexity index is 732. The van der Waals surface area contributed by atoms with Crippen LogP contribution in [0, 0.1) is 0 Å². The van der Waals surface area contributed by atoms with Crippen LogP contribution < -0.4 is 4.74 Å². The molecule has 6 nitrogen and oxygen atoms in total. The minimum absolute atomic E-state index is 0.00212. The van der Waals surface area contributed by atoms with E-state index < -0.39 is 17.9 Å². The number of thiocarbonyl (C=S) groups is 1. The van der Waals surface area contributed by atoms with E-state index in [9.17, 15) is 19.8 Å². The molecule has 1 aliphatic rings. The molecule has 2 rings (SSSR count). The number of hydrogen-bond acceptors (Lipinski definition) is 6. The van der Waals surface area contributed by atoms with Gasteiger partial charge < -0.3 is 14.9 Å². The van der Waals surface area contributed by atoms with Gasteiger partial charge in [0.1, 0.15) is 10.4 Å². The molecule has 0 spiro atoms. The zero-order valence-corrected chi connectivity index (χ0v) is 15.5. The highest BCUT2D eigenvalue weighted by Gasteiger charge is 2.40. The van der Waals surface area contributed by atoms with Gasteiger partial charge in [-0.1, -0.05) is 49.8 Å². The molecule has 1 aromatic rings. The number of aliphatic carboxylic acids is 1. The number of ether oxygens (including phenoxy) is 1. The molecule has 2 N–H and O–H groups in total. The van der Waals surface area contributed by atoms with Gasteiger partial charge in [-0.3, -0.25) is 9.69 Å². The average molecular weight is 381 g/mol. The number of carbonyl (C=O) groups excluding carboxylic acids is 1. The first-order chi connectivity index (χ1) is 11.9. The van der Waals surface area contributed by atoms with Gasteiger partial charge >= 0.3 is 5.97 Å². The summed E-state index contributed by atoms with van der Waals surface area (Å²) >= 11 is 6.30. The van der Waals surface area contributed by atoms with E-state index in [0.29, 0.717) is 23.3 Å². The smallest absolute Gasteiger partial charge is 0.326 e. The third-order valence-corrected chi connectivity index (χ3v) is 5.08. The van der Waals surface area contributed by atoms with E-state index in [2.05, 4.69) is 0 Å². The Balaban J connectivity index is 2.29. The van der Waals surface area contributed by atoms with Gasteiger partial charge in [-0.25, -0.2) is 4.79 Å². The van der Waals surface area contributed by atoms with Crippen LogP contribution in [-0.4, -0.2) is 44.5 Å². The fourth-order valence-corrected chi connectivity index (χ4v) is 3.80. The lowest BCUT2D eigenvalue weighted by Gasteiger charge is -2.22. The first-order valence-electron chi connectivity index (χ1n) is 7.76. The number of carboxylic acid groups (broad SMARTS) is 1. The van der Waals surface area contributed by atoms with E-state index in [1.807, 2.05) is 6.92 Å². The number of phenols is 1. The number of amides is 1. The first kappa shape index (κ1) is 19.3. The average Bonchev–Trinajstić information content (AvgIpc) is 2.84. The molecular weight excluding hydrogens is 362 g/mol. The number of hydrogen-bond donors (Lipinski definition) is 2. The highest BCUT2D eigenvalue weighted by molar-refractivity contribution is 8.26. The van der Waals surface area contributed by atoms with Crippen molar-refractivity contribution < 1.29 is 24.5 Å². The van der Waals surface area contributed by atoms with Gasteiger partial charge in [0, 0.05) is 0 Å². The van der Waals surface area contributed by atoms with Gasteiger partial charge in [0.05, 0.1) is 12.0 Å². The summed E-state index contributed by atoms with van der Waals surface area (Å²) in [7, 11) is 1.43. The zero-order chi connectivity index (χ0) is 18.6. The summed E-state index contributed by atoms with van der Waals surface area (Å²) in [5.41, 5.74) is 0.649. The maximum Gasteiger partial charge on any atom is 0.326 e. The molecular formula is C17H19NO5S2. The normalized spacial score (nSPS) is 17.2. The van der Waals surface area contributed by atoms with E-state index in [-0.39, 0.29) is 15.8 Å². The van der Waals surface area contributed by atoms with Crippen molar-refractivity contribution in [3.05, 3.63) is 28.7 Å². The highest BCUT2D eigenvalue weighted by Crippen LogP contribution is 2.36. The number of carboxylic acids is 1. The zero-order valence-electron chi connectivity index (χ0n) is 13.9. The number of aromatic hydroxyl groups is 1. The van der Waals surface area contributed by atoms with Crippen LogP contribution in [0.25, 0.3) is 6.08 Å². The standard InChI is InChI=1S/C17H19NO5S2/c1-3-4-5-11(16(21)22)18-15(20)14(25-17(18)24)9-10-6-7-12(19)13(8-10)23-2/h6-9,11,19H,3-5H2,1-2H3,(H,21,22)/b14-9-/t11-/m0/s1. The van der Waals surface area contributed by atoms with E-state index in [1.54, 1.807) is 18.2 Å². The predicted octanol–water partition coefficient (Wildman–Crippen LogP) is 3.25. The number of methoxy groups -OCH3 is 1. The first-order valence-corrected chi connectivity index (χ1v) is 8.98. The monoisotopic (exact) mass is 381 g/mol. The Hall–Kier alpha value is -2.06. The van der Waals surface area contributed by atoms with Crippen molar-refractivity contribution in [2.24, 2.45) is 0 Å². The molecule has 1 saturated heterocycles. The van der Waals surface area contributed by atoms with E-state index >= 15 is 0 Å². The molecule has 0 bridgehead atoms. The van der Waals surface area contributed by atoms with Gasteiger partial charge in [0.2, 0.25) is 0 Å². The Labute approximate surface area is 155 Å². The SMILES string of the molecule is CCCC[C@@H](C(=O)O)N1C(=O)/C(=C/c2ccc(O)c(OC)c2)SC1=S. The van der Waals surface area contributed by atoms with Gasteiger partial charge in [0.25, 0.3) is 5.91 Å². The number of nitrogens with zero attached hydrogens (tertiary/aromatic N) is 1. The predicted molar refractivity (Wildman–Crippen MR) is 101 cm³/mol.